The van der Waals surface area contributed by atoms with E-state index in [1.54, 1.807) is 12.1 Å². The van der Waals surface area contributed by atoms with Crippen LogP contribution in [0.1, 0.15) is 31.2 Å². The summed E-state index contributed by atoms with van der Waals surface area (Å²) >= 11 is 5.67. The Morgan fingerprint density at radius 2 is 2.06 bits per heavy atom. The molecule has 2 nitrogen and oxygen atoms in total. The van der Waals surface area contributed by atoms with Crippen LogP contribution in [-0.4, -0.2) is 11.3 Å². The van der Waals surface area contributed by atoms with Gasteiger partial charge in [0.05, 0.1) is 10.6 Å². The van der Waals surface area contributed by atoms with E-state index >= 15 is 0 Å². The van der Waals surface area contributed by atoms with E-state index in [2.05, 4.69) is 0 Å². The molecule has 1 aliphatic rings. The second-order valence-electron chi connectivity index (χ2n) is 4.68. The molecule has 2 N–H and O–H groups in total. The van der Waals surface area contributed by atoms with Crippen molar-refractivity contribution in [3.63, 3.8) is 0 Å². The minimum atomic E-state index is -0.755. The highest BCUT2D eigenvalue weighted by molar-refractivity contribution is 6.30. The van der Waals surface area contributed by atoms with E-state index in [-0.39, 0.29) is 17.2 Å². The number of halogens is 2. The van der Waals surface area contributed by atoms with E-state index in [1.807, 2.05) is 0 Å². The molecule has 0 radical (unpaired) electrons. The summed E-state index contributed by atoms with van der Waals surface area (Å²) < 4.78 is 13.6. The van der Waals surface area contributed by atoms with Crippen molar-refractivity contribution in [2.75, 3.05) is 0 Å². The molecule has 0 atom stereocenters. The number of carbonyl (C=O) groups is 1. The molecule has 17 heavy (non-hydrogen) atoms. The molecule has 0 unspecified atom stereocenters. The van der Waals surface area contributed by atoms with E-state index in [0.717, 1.165) is 12.8 Å². The van der Waals surface area contributed by atoms with Gasteiger partial charge >= 0.3 is 0 Å². The summed E-state index contributed by atoms with van der Waals surface area (Å²) in [7, 11) is 0. The summed E-state index contributed by atoms with van der Waals surface area (Å²) in [6.45, 7) is 0. The third-order valence-corrected chi connectivity index (χ3v) is 3.73. The van der Waals surface area contributed by atoms with Gasteiger partial charge in [-0.2, -0.15) is 0 Å². The molecule has 1 fully saturated rings. The Hall–Kier alpha value is -0.930. The van der Waals surface area contributed by atoms with Gasteiger partial charge in [-0.25, -0.2) is 4.39 Å². The molecule has 0 spiro atoms. The molecular weight excluding hydrogens is 241 g/mol. The summed E-state index contributed by atoms with van der Waals surface area (Å²) in [5, 5.41) is 0.0489. The summed E-state index contributed by atoms with van der Waals surface area (Å²) in [6, 6.07) is 4.70. The van der Waals surface area contributed by atoms with Crippen molar-refractivity contribution in [1.29, 1.82) is 0 Å². The Morgan fingerprint density at radius 1 is 1.41 bits per heavy atom. The van der Waals surface area contributed by atoms with Crippen LogP contribution in [0.3, 0.4) is 0 Å². The smallest absolute Gasteiger partial charge is 0.157 e. The van der Waals surface area contributed by atoms with Gasteiger partial charge in [-0.15, -0.1) is 0 Å². The highest BCUT2D eigenvalue weighted by Gasteiger charge is 2.36. The average Bonchev–Trinajstić information content (AvgIpc) is 2.73. The van der Waals surface area contributed by atoms with Crippen LogP contribution < -0.4 is 5.73 Å². The molecule has 0 saturated heterocycles. The maximum Gasteiger partial charge on any atom is 0.157 e. The van der Waals surface area contributed by atoms with Crippen molar-refractivity contribution in [3.8, 4) is 0 Å². The van der Waals surface area contributed by atoms with Gasteiger partial charge in [-0.05, 0) is 24.5 Å². The predicted molar refractivity (Wildman–Crippen MR) is 65.5 cm³/mol. The largest absolute Gasteiger partial charge is 0.319 e. The van der Waals surface area contributed by atoms with Crippen molar-refractivity contribution in [3.05, 3.63) is 34.6 Å². The molecule has 0 amide bonds. The van der Waals surface area contributed by atoms with Crippen molar-refractivity contribution >= 4 is 17.4 Å². The Kier molecular flexibility index (Phi) is 3.50. The van der Waals surface area contributed by atoms with Gasteiger partial charge in [0, 0.05) is 6.42 Å². The number of carbonyl (C=O) groups excluding carboxylic acids is 1. The maximum absolute atomic E-state index is 13.6. The highest BCUT2D eigenvalue weighted by Crippen LogP contribution is 2.29. The van der Waals surface area contributed by atoms with Crippen LogP contribution in [-0.2, 0) is 11.2 Å². The maximum atomic E-state index is 13.6. The van der Waals surface area contributed by atoms with Gasteiger partial charge < -0.3 is 5.73 Å². The van der Waals surface area contributed by atoms with Gasteiger partial charge in [-0.3, -0.25) is 4.79 Å². The normalized spacial score (nSPS) is 18.3. The molecule has 1 aliphatic carbocycles. The first-order valence-corrected chi connectivity index (χ1v) is 6.16. The van der Waals surface area contributed by atoms with Crippen LogP contribution in [0.4, 0.5) is 4.39 Å². The molecule has 1 aromatic carbocycles. The lowest BCUT2D eigenvalue weighted by Crippen LogP contribution is -2.46. The Morgan fingerprint density at radius 3 is 2.71 bits per heavy atom. The van der Waals surface area contributed by atoms with E-state index < -0.39 is 11.4 Å². The zero-order valence-electron chi connectivity index (χ0n) is 9.51. The molecule has 1 saturated carbocycles. The Labute approximate surface area is 105 Å². The summed E-state index contributed by atoms with van der Waals surface area (Å²) in [5.74, 6) is -0.597. The molecule has 0 bridgehead atoms. The molecule has 0 aliphatic heterocycles. The molecule has 0 heterocycles. The summed E-state index contributed by atoms with van der Waals surface area (Å²) in [6.07, 6.45) is 3.38. The minimum Gasteiger partial charge on any atom is -0.319 e. The zero-order chi connectivity index (χ0) is 12.5. The second-order valence-corrected chi connectivity index (χ2v) is 5.08. The van der Waals surface area contributed by atoms with Crippen LogP contribution in [0.2, 0.25) is 5.02 Å². The van der Waals surface area contributed by atoms with E-state index in [0.29, 0.717) is 18.4 Å². The van der Waals surface area contributed by atoms with Gasteiger partial charge in [-0.1, -0.05) is 36.6 Å². The third kappa shape index (κ3) is 2.50. The van der Waals surface area contributed by atoms with Crippen molar-refractivity contribution < 1.29 is 9.18 Å². The monoisotopic (exact) mass is 255 g/mol. The fraction of sp³-hybridized carbons (Fsp3) is 0.462. The zero-order valence-corrected chi connectivity index (χ0v) is 10.3. The van der Waals surface area contributed by atoms with Crippen LogP contribution >= 0.6 is 11.6 Å². The van der Waals surface area contributed by atoms with Crippen molar-refractivity contribution in [2.24, 2.45) is 5.73 Å². The molecule has 4 heteroatoms. The van der Waals surface area contributed by atoms with Crippen LogP contribution in [0.25, 0.3) is 0 Å². The van der Waals surface area contributed by atoms with Gasteiger partial charge in [0.2, 0.25) is 0 Å². The standard InChI is InChI=1S/C13H15ClFNO/c14-10-5-3-4-9(12(10)15)8-11(17)13(16)6-1-2-7-13/h3-5H,1-2,6-8,16H2. The van der Waals surface area contributed by atoms with E-state index in [4.69, 9.17) is 17.3 Å². The van der Waals surface area contributed by atoms with Gasteiger partial charge in [0.15, 0.2) is 5.78 Å². The fourth-order valence-corrected chi connectivity index (χ4v) is 2.51. The number of benzene rings is 1. The average molecular weight is 256 g/mol. The molecule has 0 aromatic heterocycles. The number of rotatable bonds is 3. The first-order chi connectivity index (χ1) is 8.03. The first-order valence-electron chi connectivity index (χ1n) is 5.78. The van der Waals surface area contributed by atoms with E-state index in [1.165, 1.54) is 6.07 Å². The number of hydrogen-bond donors (Lipinski definition) is 1. The Bertz CT molecular complexity index is 441. The van der Waals surface area contributed by atoms with Crippen molar-refractivity contribution in [2.45, 2.75) is 37.6 Å². The minimum absolute atomic E-state index is 0.0306. The quantitative estimate of drug-likeness (QED) is 0.903. The first kappa shape index (κ1) is 12.5. The SMILES string of the molecule is NC1(C(=O)Cc2cccc(Cl)c2F)CCCC1. The fourth-order valence-electron chi connectivity index (χ4n) is 2.32. The highest BCUT2D eigenvalue weighted by atomic mass is 35.5. The van der Waals surface area contributed by atoms with Crippen molar-refractivity contribution in [1.82, 2.24) is 0 Å². The van der Waals surface area contributed by atoms with Gasteiger partial charge in [0.1, 0.15) is 5.82 Å². The number of hydrogen-bond acceptors (Lipinski definition) is 2. The topological polar surface area (TPSA) is 43.1 Å². The number of Topliss-reactive ketones (excluding diaryl/α,β-unsaturated/α-hetero) is 1. The van der Waals surface area contributed by atoms with Crippen LogP contribution in [0, 0.1) is 5.82 Å². The number of nitrogens with two attached hydrogens (primary N) is 1. The summed E-state index contributed by atoms with van der Waals surface area (Å²) in [4.78, 5) is 12.1. The lowest BCUT2D eigenvalue weighted by atomic mass is 9.89. The molecule has 2 rings (SSSR count). The lowest BCUT2D eigenvalue weighted by molar-refractivity contribution is -0.123. The molecular formula is C13H15ClFNO. The second kappa shape index (κ2) is 4.75. The lowest BCUT2D eigenvalue weighted by Gasteiger charge is -2.21. The predicted octanol–water partition coefficient (Wildman–Crippen LogP) is 2.86. The van der Waals surface area contributed by atoms with E-state index in [9.17, 15) is 9.18 Å². The molecule has 1 aromatic rings. The van der Waals surface area contributed by atoms with Crippen LogP contribution in [0.5, 0.6) is 0 Å². The summed E-state index contributed by atoms with van der Waals surface area (Å²) in [5.41, 5.74) is 5.61. The van der Waals surface area contributed by atoms with Crippen LogP contribution in [0.15, 0.2) is 18.2 Å². The number of ketones is 1. The van der Waals surface area contributed by atoms with Gasteiger partial charge in [0.25, 0.3) is 0 Å². The third-order valence-electron chi connectivity index (χ3n) is 3.43. The molecule has 92 valence electrons. The Balaban J connectivity index is 2.16.